The lowest BCUT2D eigenvalue weighted by Crippen LogP contribution is -2.06. The van der Waals surface area contributed by atoms with Crippen LogP contribution in [-0.4, -0.2) is 16.1 Å². The minimum Gasteiger partial charge on any atom is -0.481 e. The highest BCUT2D eigenvalue weighted by Gasteiger charge is 2.16. The Morgan fingerprint density at radius 1 is 1.29 bits per heavy atom. The average Bonchev–Trinajstić information content (AvgIpc) is 2.89. The number of benzene rings is 2. The zero-order valence-corrected chi connectivity index (χ0v) is 12.0. The van der Waals surface area contributed by atoms with Crippen molar-refractivity contribution in [2.75, 3.05) is 0 Å². The maximum atomic E-state index is 11.0. The van der Waals surface area contributed by atoms with Gasteiger partial charge in [0.2, 0.25) is 5.89 Å². The summed E-state index contributed by atoms with van der Waals surface area (Å²) in [7, 11) is 0. The molecule has 1 heterocycles. The van der Waals surface area contributed by atoms with Crippen molar-refractivity contribution in [3.8, 4) is 11.5 Å². The molecule has 3 rings (SSSR count). The van der Waals surface area contributed by atoms with Gasteiger partial charge in [0.1, 0.15) is 5.52 Å². The topological polar surface area (TPSA) is 63.3 Å². The second-order valence-electron chi connectivity index (χ2n) is 4.79. The van der Waals surface area contributed by atoms with Gasteiger partial charge in [0.25, 0.3) is 0 Å². The van der Waals surface area contributed by atoms with Crippen molar-refractivity contribution in [2.45, 2.75) is 12.8 Å². The van der Waals surface area contributed by atoms with Crippen molar-refractivity contribution >= 4 is 28.7 Å². The van der Waals surface area contributed by atoms with E-state index in [1.165, 1.54) is 0 Å². The molecule has 0 bridgehead atoms. The Balaban J connectivity index is 2.09. The molecule has 1 atom stereocenters. The van der Waals surface area contributed by atoms with Gasteiger partial charge in [0, 0.05) is 0 Å². The van der Waals surface area contributed by atoms with Crippen molar-refractivity contribution in [1.82, 2.24) is 4.98 Å². The Kier molecular flexibility index (Phi) is 3.39. The zero-order valence-electron chi connectivity index (χ0n) is 11.2. The molecule has 0 spiro atoms. The molecular weight excluding hydrogens is 290 g/mol. The SMILES string of the molecule is CC(C(=O)O)c1ccc2oc(-c3ccccc3Cl)nc2c1. The van der Waals surface area contributed by atoms with Gasteiger partial charge in [-0.25, -0.2) is 4.98 Å². The molecule has 0 aliphatic carbocycles. The van der Waals surface area contributed by atoms with E-state index in [1.807, 2.05) is 18.2 Å². The molecule has 0 saturated carbocycles. The molecule has 5 heteroatoms. The molecule has 3 aromatic rings. The fourth-order valence-electron chi connectivity index (χ4n) is 2.11. The summed E-state index contributed by atoms with van der Waals surface area (Å²) in [5.41, 5.74) is 2.62. The maximum absolute atomic E-state index is 11.0. The van der Waals surface area contributed by atoms with E-state index in [4.69, 9.17) is 21.1 Å². The van der Waals surface area contributed by atoms with Crippen LogP contribution in [-0.2, 0) is 4.79 Å². The summed E-state index contributed by atoms with van der Waals surface area (Å²) in [6.07, 6.45) is 0. The first-order valence-electron chi connectivity index (χ1n) is 6.44. The number of carboxylic acids is 1. The van der Waals surface area contributed by atoms with Crippen molar-refractivity contribution in [3.05, 3.63) is 53.1 Å². The van der Waals surface area contributed by atoms with Crippen LogP contribution in [0.1, 0.15) is 18.4 Å². The number of nitrogens with zero attached hydrogens (tertiary/aromatic N) is 1. The third-order valence-corrected chi connectivity index (χ3v) is 3.72. The predicted octanol–water partition coefficient (Wildman–Crippen LogP) is 4.34. The van der Waals surface area contributed by atoms with Crippen LogP contribution in [0.5, 0.6) is 0 Å². The van der Waals surface area contributed by atoms with Crippen molar-refractivity contribution in [2.24, 2.45) is 0 Å². The summed E-state index contributed by atoms with van der Waals surface area (Å²) in [6, 6.07) is 12.5. The summed E-state index contributed by atoms with van der Waals surface area (Å²) in [5, 5.41) is 9.62. The molecule has 0 radical (unpaired) electrons. The predicted molar refractivity (Wildman–Crippen MR) is 80.5 cm³/mol. The second kappa shape index (κ2) is 5.22. The number of aromatic nitrogens is 1. The Morgan fingerprint density at radius 3 is 2.76 bits per heavy atom. The van der Waals surface area contributed by atoms with Gasteiger partial charge in [-0.05, 0) is 36.8 Å². The normalized spacial score (nSPS) is 12.5. The number of hydrogen-bond acceptors (Lipinski definition) is 3. The van der Waals surface area contributed by atoms with Gasteiger partial charge in [0.05, 0.1) is 16.5 Å². The molecule has 1 unspecified atom stereocenters. The van der Waals surface area contributed by atoms with Gasteiger partial charge in [-0.3, -0.25) is 4.79 Å². The molecule has 4 nitrogen and oxygen atoms in total. The molecule has 0 aliphatic rings. The largest absolute Gasteiger partial charge is 0.481 e. The molecule has 1 aromatic heterocycles. The molecule has 0 saturated heterocycles. The Hall–Kier alpha value is -2.33. The van der Waals surface area contributed by atoms with Crippen molar-refractivity contribution in [1.29, 1.82) is 0 Å². The van der Waals surface area contributed by atoms with Gasteiger partial charge in [-0.15, -0.1) is 0 Å². The third kappa shape index (κ3) is 2.50. The number of fused-ring (bicyclic) bond motifs is 1. The Bertz CT molecular complexity index is 825. The van der Waals surface area contributed by atoms with Crippen molar-refractivity contribution in [3.63, 3.8) is 0 Å². The summed E-state index contributed by atoms with van der Waals surface area (Å²) in [6.45, 7) is 1.64. The minimum absolute atomic E-state index is 0.427. The number of oxazole rings is 1. The van der Waals surface area contributed by atoms with Crippen LogP contribution in [0.4, 0.5) is 0 Å². The van der Waals surface area contributed by atoms with Crippen LogP contribution in [0, 0.1) is 0 Å². The van der Waals surface area contributed by atoms with E-state index in [0.29, 0.717) is 33.1 Å². The van der Waals surface area contributed by atoms with Crippen LogP contribution >= 0.6 is 11.6 Å². The van der Waals surface area contributed by atoms with E-state index in [9.17, 15) is 4.79 Å². The fourth-order valence-corrected chi connectivity index (χ4v) is 2.32. The molecule has 0 aliphatic heterocycles. The van der Waals surface area contributed by atoms with Crippen LogP contribution in [0.2, 0.25) is 5.02 Å². The maximum Gasteiger partial charge on any atom is 0.310 e. The standard InChI is InChI=1S/C16H12ClNO3/c1-9(16(19)20)10-6-7-14-13(8-10)18-15(21-14)11-4-2-3-5-12(11)17/h2-9H,1H3,(H,19,20). The summed E-state index contributed by atoms with van der Waals surface area (Å²) in [5.74, 6) is -1.03. The first-order valence-corrected chi connectivity index (χ1v) is 6.82. The van der Waals surface area contributed by atoms with Gasteiger partial charge >= 0.3 is 5.97 Å². The number of aliphatic carboxylic acids is 1. The molecule has 106 valence electrons. The quantitative estimate of drug-likeness (QED) is 0.781. The summed E-state index contributed by atoms with van der Waals surface area (Å²) < 4.78 is 5.69. The van der Waals surface area contributed by atoms with E-state index in [2.05, 4.69) is 4.98 Å². The Labute approximate surface area is 126 Å². The first-order chi connectivity index (χ1) is 10.1. The van der Waals surface area contributed by atoms with Crippen LogP contribution in [0.25, 0.3) is 22.6 Å². The van der Waals surface area contributed by atoms with E-state index in [1.54, 1.807) is 31.2 Å². The van der Waals surface area contributed by atoms with E-state index in [-0.39, 0.29) is 0 Å². The zero-order chi connectivity index (χ0) is 15.0. The smallest absolute Gasteiger partial charge is 0.310 e. The highest BCUT2D eigenvalue weighted by Crippen LogP contribution is 2.30. The number of carbonyl (C=O) groups is 1. The van der Waals surface area contributed by atoms with E-state index in [0.717, 1.165) is 0 Å². The second-order valence-corrected chi connectivity index (χ2v) is 5.19. The molecule has 1 N–H and O–H groups in total. The van der Waals surface area contributed by atoms with Gasteiger partial charge < -0.3 is 9.52 Å². The van der Waals surface area contributed by atoms with E-state index >= 15 is 0 Å². The number of halogens is 1. The molecule has 21 heavy (non-hydrogen) atoms. The van der Waals surface area contributed by atoms with Gasteiger partial charge in [-0.2, -0.15) is 0 Å². The highest BCUT2D eigenvalue weighted by molar-refractivity contribution is 6.33. The third-order valence-electron chi connectivity index (χ3n) is 3.39. The first kappa shape index (κ1) is 13.6. The number of rotatable bonds is 3. The number of hydrogen-bond donors (Lipinski definition) is 1. The molecule has 0 amide bonds. The fraction of sp³-hybridized carbons (Fsp3) is 0.125. The number of carboxylic acid groups (broad SMARTS) is 1. The van der Waals surface area contributed by atoms with Crippen LogP contribution in [0.15, 0.2) is 46.9 Å². The summed E-state index contributed by atoms with van der Waals surface area (Å²) >= 11 is 6.13. The average molecular weight is 302 g/mol. The molecule has 0 fully saturated rings. The van der Waals surface area contributed by atoms with E-state index < -0.39 is 11.9 Å². The van der Waals surface area contributed by atoms with Gasteiger partial charge in [-0.1, -0.05) is 29.8 Å². The van der Waals surface area contributed by atoms with Crippen LogP contribution < -0.4 is 0 Å². The van der Waals surface area contributed by atoms with Crippen molar-refractivity contribution < 1.29 is 14.3 Å². The minimum atomic E-state index is -0.871. The lowest BCUT2D eigenvalue weighted by molar-refractivity contribution is -0.138. The highest BCUT2D eigenvalue weighted by atomic mass is 35.5. The Morgan fingerprint density at radius 2 is 2.05 bits per heavy atom. The lowest BCUT2D eigenvalue weighted by atomic mass is 10.0. The summed E-state index contributed by atoms with van der Waals surface area (Å²) in [4.78, 5) is 15.4. The van der Waals surface area contributed by atoms with Crippen LogP contribution in [0.3, 0.4) is 0 Å². The molecular formula is C16H12ClNO3. The lowest BCUT2D eigenvalue weighted by Gasteiger charge is -2.04. The monoisotopic (exact) mass is 301 g/mol. The molecule has 2 aromatic carbocycles. The van der Waals surface area contributed by atoms with Gasteiger partial charge in [0.15, 0.2) is 5.58 Å².